The molecular weight excluding hydrogens is 262 g/mol. The molecule has 4 heteroatoms. The van der Waals surface area contributed by atoms with Crippen LogP contribution < -0.4 is 11.1 Å². The molecule has 3 N–H and O–H groups in total. The van der Waals surface area contributed by atoms with E-state index in [0.29, 0.717) is 12.2 Å². The van der Waals surface area contributed by atoms with Gasteiger partial charge in [0.1, 0.15) is 5.69 Å². The van der Waals surface area contributed by atoms with E-state index in [1.165, 1.54) is 0 Å². The van der Waals surface area contributed by atoms with Crippen LogP contribution in [0.1, 0.15) is 48.4 Å². The van der Waals surface area contributed by atoms with Crippen molar-refractivity contribution in [3.63, 3.8) is 0 Å². The van der Waals surface area contributed by atoms with Gasteiger partial charge in [0.15, 0.2) is 0 Å². The molecule has 0 aliphatic heterocycles. The molecular formula is C17H23N3O. The summed E-state index contributed by atoms with van der Waals surface area (Å²) < 4.78 is 1.96. The summed E-state index contributed by atoms with van der Waals surface area (Å²) in [6.07, 6.45) is 2.65. The van der Waals surface area contributed by atoms with Gasteiger partial charge in [-0.15, -0.1) is 0 Å². The lowest BCUT2D eigenvalue weighted by Crippen LogP contribution is -2.29. The Labute approximate surface area is 126 Å². The molecule has 0 radical (unpaired) electrons. The number of hydrogen-bond donors (Lipinski definition) is 2. The maximum Gasteiger partial charge on any atom is 0.267 e. The van der Waals surface area contributed by atoms with E-state index in [-0.39, 0.29) is 18.0 Å². The van der Waals surface area contributed by atoms with Gasteiger partial charge in [-0.25, -0.2) is 0 Å². The van der Waals surface area contributed by atoms with Crippen LogP contribution in [0.2, 0.25) is 0 Å². The number of carbonyl (C=O) groups is 1. The molecule has 0 spiro atoms. The number of rotatable bonds is 6. The minimum atomic E-state index is -0.0524. The van der Waals surface area contributed by atoms with Gasteiger partial charge in [-0.05, 0) is 38.0 Å². The van der Waals surface area contributed by atoms with Gasteiger partial charge < -0.3 is 15.6 Å². The average molecular weight is 285 g/mol. The highest BCUT2D eigenvalue weighted by molar-refractivity contribution is 5.92. The molecule has 1 amide bonds. The Kier molecular flexibility index (Phi) is 5.17. The first-order valence-electron chi connectivity index (χ1n) is 7.35. The Hall–Kier alpha value is -2.07. The first-order valence-corrected chi connectivity index (χ1v) is 7.35. The molecule has 1 atom stereocenters. The van der Waals surface area contributed by atoms with Gasteiger partial charge >= 0.3 is 0 Å². The number of carbonyl (C=O) groups excluding carboxylic acids is 1. The number of nitrogens with zero attached hydrogens (tertiary/aromatic N) is 1. The molecule has 0 bridgehead atoms. The highest BCUT2D eigenvalue weighted by Crippen LogP contribution is 2.13. The second kappa shape index (κ2) is 7.09. The Morgan fingerprint density at radius 2 is 1.90 bits per heavy atom. The minimum absolute atomic E-state index is 0.0473. The Morgan fingerprint density at radius 3 is 2.57 bits per heavy atom. The Balaban J connectivity index is 1.86. The summed E-state index contributed by atoms with van der Waals surface area (Å²) >= 11 is 0. The van der Waals surface area contributed by atoms with Crippen LogP contribution in [-0.4, -0.2) is 17.0 Å². The van der Waals surface area contributed by atoms with Gasteiger partial charge in [0.2, 0.25) is 0 Å². The van der Waals surface area contributed by atoms with E-state index >= 15 is 0 Å². The summed E-state index contributed by atoms with van der Waals surface area (Å²) in [4.78, 5) is 12.2. The molecule has 1 heterocycles. The number of benzene rings is 1. The molecule has 112 valence electrons. The third kappa shape index (κ3) is 3.95. The number of hydrogen-bond acceptors (Lipinski definition) is 2. The predicted octanol–water partition coefficient (Wildman–Crippen LogP) is 2.89. The van der Waals surface area contributed by atoms with E-state index in [9.17, 15) is 4.79 Å². The standard InChI is InChI=1S/C17H23N3O/c1-13(2)20-12-6-9-16(20)17(21)19-11-10-15(18)14-7-4-3-5-8-14/h3-9,12-13,15H,10-11,18H2,1-2H3,(H,19,21). The molecule has 1 aromatic heterocycles. The summed E-state index contributed by atoms with van der Waals surface area (Å²) in [6.45, 7) is 4.68. The van der Waals surface area contributed by atoms with Gasteiger partial charge in [0.05, 0.1) is 0 Å². The number of aromatic nitrogens is 1. The fraction of sp³-hybridized carbons (Fsp3) is 0.353. The lowest BCUT2D eigenvalue weighted by molar-refractivity contribution is 0.0942. The van der Waals surface area contributed by atoms with Crippen LogP contribution in [0.15, 0.2) is 48.7 Å². The molecule has 1 unspecified atom stereocenters. The van der Waals surface area contributed by atoms with Crippen molar-refractivity contribution in [2.75, 3.05) is 6.54 Å². The highest BCUT2D eigenvalue weighted by Gasteiger charge is 2.12. The number of nitrogens with one attached hydrogen (secondary N) is 1. The zero-order valence-corrected chi connectivity index (χ0v) is 12.6. The summed E-state index contributed by atoms with van der Waals surface area (Å²) in [5.74, 6) is -0.0473. The molecule has 1 aromatic carbocycles. The van der Waals surface area contributed by atoms with Crippen LogP contribution in [0.5, 0.6) is 0 Å². The summed E-state index contributed by atoms with van der Waals surface area (Å²) in [5, 5.41) is 2.94. The van der Waals surface area contributed by atoms with Crippen molar-refractivity contribution in [2.24, 2.45) is 5.73 Å². The summed E-state index contributed by atoms with van der Waals surface area (Å²) in [7, 11) is 0. The van der Waals surface area contributed by atoms with Crippen LogP contribution in [0, 0.1) is 0 Å². The van der Waals surface area contributed by atoms with Crippen molar-refractivity contribution in [2.45, 2.75) is 32.4 Å². The first-order chi connectivity index (χ1) is 10.1. The predicted molar refractivity (Wildman–Crippen MR) is 85.1 cm³/mol. The second-order valence-electron chi connectivity index (χ2n) is 5.46. The zero-order valence-electron chi connectivity index (χ0n) is 12.6. The van der Waals surface area contributed by atoms with E-state index in [1.54, 1.807) is 0 Å². The monoisotopic (exact) mass is 285 g/mol. The molecule has 21 heavy (non-hydrogen) atoms. The van der Waals surface area contributed by atoms with Crippen LogP contribution in [0.4, 0.5) is 0 Å². The van der Waals surface area contributed by atoms with E-state index in [2.05, 4.69) is 19.2 Å². The van der Waals surface area contributed by atoms with E-state index in [1.807, 2.05) is 53.2 Å². The fourth-order valence-electron chi connectivity index (χ4n) is 2.34. The summed E-state index contributed by atoms with van der Waals surface area (Å²) in [5.41, 5.74) is 7.91. The van der Waals surface area contributed by atoms with E-state index in [0.717, 1.165) is 12.0 Å². The second-order valence-corrected chi connectivity index (χ2v) is 5.46. The quantitative estimate of drug-likeness (QED) is 0.857. The SMILES string of the molecule is CC(C)n1cccc1C(=O)NCCC(N)c1ccccc1. The maximum atomic E-state index is 12.2. The zero-order chi connectivity index (χ0) is 15.2. The van der Waals surface area contributed by atoms with Crippen molar-refractivity contribution in [1.82, 2.24) is 9.88 Å². The number of amides is 1. The minimum Gasteiger partial charge on any atom is -0.351 e. The largest absolute Gasteiger partial charge is 0.351 e. The lowest BCUT2D eigenvalue weighted by atomic mass is 10.1. The van der Waals surface area contributed by atoms with Crippen LogP contribution >= 0.6 is 0 Å². The molecule has 0 aliphatic carbocycles. The van der Waals surface area contributed by atoms with Gasteiger partial charge in [-0.3, -0.25) is 4.79 Å². The molecule has 0 saturated heterocycles. The van der Waals surface area contributed by atoms with Gasteiger partial charge in [0, 0.05) is 24.8 Å². The molecule has 0 aliphatic rings. The topological polar surface area (TPSA) is 60.0 Å². The van der Waals surface area contributed by atoms with Gasteiger partial charge in [-0.2, -0.15) is 0 Å². The molecule has 4 nitrogen and oxygen atoms in total. The fourth-order valence-corrected chi connectivity index (χ4v) is 2.34. The Morgan fingerprint density at radius 1 is 1.19 bits per heavy atom. The van der Waals surface area contributed by atoms with Crippen molar-refractivity contribution < 1.29 is 4.79 Å². The van der Waals surface area contributed by atoms with Crippen LogP contribution in [0.25, 0.3) is 0 Å². The smallest absolute Gasteiger partial charge is 0.267 e. The van der Waals surface area contributed by atoms with Crippen molar-refractivity contribution in [3.05, 3.63) is 59.9 Å². The van der Waals surface area contributed by atoms with Crippen molar-refractivity contribution in [1.29, 1.82) is 0 Å². The third-order valence-corrected chi connectivity index (χ3v) is 3.54. The van der Waals surface area contributed by atoms with Crippen LogP contribution in [0.3, 0.4) is 0 Å². The number of nitrogens with two attached hydrogens (primary N) is 1. The third-order valence-electron chi connectivity index (χ3n) is 3.54. The van der Waals surface area contributed by atoms with Gasteiger partial charge in [0.25, 0.3) is 5.91 Å². The van der Waals surface area contributed by atoms with E-state index < -0.39 is 0 Å². The van der Waals surface area contributed by atoms with Crippen molar-refractivity contribution >= 4 is 5.91 Å². The first kappa shape index (κ1) is 15.3. The van der Waals surface area contributed by atoms with Crippen molar-refractivity contribution in [3.8, 4) is 0 Å². The average Bonchev–Trinajstić information content (AvgIpc) is 2.97. The molecule has 0 fully saturated rings. The lowest BCUT2D eigenvalue weighted by Gasteiger charge is -2.15. The van der Waals surface area contributed by atoms with Crippen LogP contribution in [-0.2, 0) is 0 Å². The van der Waals surface area contributed by atoms with E-state index in [4.69, 9.17) is 5.73 Å². The molecule has 2 aromatic rings. The normalized spacial score (nSPS) is 12.4. The Bertz CT molecular complexity index is 575. The van der Waals surface area contributed by atoms with Gasteiger partial charge in [-0.1, -0.05) is 30.3 Å². The molecule has 2 rings (SSSR count). The highest BCUT2D eigenvalue weighted by atomic mass is 16.1. The maximum absolute atomic E-state index is 12.2. The molecule has 0 saturated carbocycles. The summed E-state index contributed by atoms with van der Waals surface area (Å²) in [6, 6.07) is 13.9.